The number of amides is 1. The van der Waals surface area contributed by atoms with Crippen molar-refractivity contribution in [2.75, 3.05) is 6.54 Å². The summed E-state index contributed by atoms with van der Waals surface area (Å²) in [5.74, 6) is -0.788. The molecule has 0 saturated heterocycles. The van der Waals surface area contributed by atoms with E-state index >= 15 is 0 Å². The SMILES string of the molecule is C[C@H](NC(=O)CCNS(=O)(=O)c1ccc(F)cc1)c1ccccc1Br. The van der Waals surface area contributed by atoms with Crippen LogP contribution in [0, 0.1) is 5.82 Å². The highest BCUT2D eigenvalue weighted by Gasteiger charge is 2.15. The molecular formula is C17H18BrFN2O3S. The summed E-state index contributed by atoms with van der Waals surface area (Å²) in [5.41, 5.74) is 0.933. The van der Waals surface area contributed by atoms with E-state index < -0.39 is 15.8 Å². The number of rotatable bonds is 7. The fourth-order valence-corrected chi connectivity index (χ4v) is 3.87. The molecule has 2 aromatic rings. The van der Waals surface area contributed by atoms with Crippen molar-refractivity contribution >= 4 is 31.9 Å². The smallest absolute Gasteiger partial charge is 0.240 e. The first-order valence-corrected chi connectivity index (χ1v) is 9.86. The summed E-state index contributed by atoms with van der Waals surface area (Å²) in [6.45, 7) is 1.80. The summed E-state index contributed by atoms with van der Waals surface area (Å²) in [6, 6.07) is 11.8. The number of hydrogen-bond acceptors (Lipinski definition) is 3. The summed E-state index contributed by atoms with van der Waals surface area (Å²) < 4.78 is 40.2. The average Bonchev–Trinajstić information content (AvgIpc) is 2.55. The lowest BCUT2D eigenvalue weighted by Gasteiger charge is -2.16. The minimum atomic E-state index is -3.76. The van der Waals surface area contributed by atoms with Crippen LogP contribution >= 0.6 is 15.9 Å². The van der Waals surface area contributed by atoms with Gasteiger partial charge in [-0.1, -0.05) is 34.1 Å². The number of carbonyl (C=O) groups excluding carboxylic acids is 1. The quantitative estimate of drug-likeness (QED) is 0.710. The molecule has 0 radical (unpaired) electrons. The van der Waals surface area contributed by atoms with Gasteiger partial charge in [0.2, 0.25) is 15.9 Å². The van der Waals surface area contributed by atoms with Gasteiger partial charge in [0, 0.05) is 17.4 Å². The van der Waals surface area contributed by atoms with E-state index in [1.54, 1.807) is 0 Å². The van der Waals surface area contributed by atoms with Crippen LogP contribution in [0.2, 0.25) is 0 Å². The Balaban J connectivity index is 1.86. The van der Waals surface area contributed by atoms with Crippen LogP contribution in [0.4, 0.5) is 4.39 Å². The predicted octanol–water partition coefficient (Wildman–Crippen LogP) is 3.13. The maximum Gasteiger partial charge on any atom is 0.240 e. The molecule has 0 fully saturated rings. The van der Waals surface area contributed by atoms with Crippen LogP contribution in [0.25, 0.3) is 0 Å². The zero-order chi connectivity index (χ0) is 18.4. The summed E-state index contributed by atoms with van der Waals surface area (Å²) >= 11 is 3.43. The predicted molar refractivity (Wildman–Crippen MR) is 96.9 cm³/mol. The van der Waals surface area contributed by atoms with Crippen LogP contribution in [0.1, 0.15) is 24.9 Å². The minimum Gasteiger partial charge on any atom is -0.350 e. The fraction of sp³-hybridized carbons (Fsp3) is 0.235. The summed E-state index contributed by atoms with van der Waals surface area (Å²) in [7, 11) is -3.76. The van der Waals surface area contributed by atoms with Crippen molar-refractivity contribution in [2.45, 2.75) is 24.3 Å². The number of sulfonamides is 1. The van der Waals surface area contributed by atoms with Crippen LogP contribution in [0.5, 0.6) is 0 Å². The van der Waals surface area contributed by atoms with E-state index in [4.69, 9.17) is 0 Å². The van der Waals surface area contributed by atoms with Gasteiger partial charge in [0.05, 0.1) is 10.9 Å². The standard InChI is InChI=1S/C17H18BrFN2O3S/c1-12(15-4-2-3-5-16(15)18)21-17(22)10-11-20-25(23,24)14-8-6-13(19)7-9-14/h2-9,12,20H,10-11H2,1H3,(H,21,22)/t12-/m0/s1. The molecule has 0 saturated carbocycles. The second kappa shape index (κ2) is 8.55. The van der Waals surface area contributed by atoms with E-state index in [0.29, 0.717) is 0 Å². The minimum absolute atomic E-state index is 0.00474. The van der Waals surface area contributed by atoms with Crippen molar-refractivity contribution in [1.82, 2.24) is 10.0 Å². The molecule has 5 nitrogen and oxygen atoms in total. The van der Waals surface area contributed by atoms with E-state index in [9.17, 15) is 17.6 Å². The fourth-order valence-electron chi connectivity index (χ4n) is 2.21. The summed E-state index contributed by atoms with van der Waals surface area (Å²) in [5, 5.41) is 2.82. The Morgan fingerprint density at radius 2 is 1.80 bits per heavy atom. The Bertz CT molecular complexity index is 841. The van der Waals surface area contributed by atoms with Crippen molar-refractivity contribution in [3.8, 4) is 0 Å². The highest BCUT2D eigenvalue weighted by atomic mass is 79.9. The lowest BCUT2D eigenvalue weighted by Crippen LogP contribution is -2.32. The molecule has 0 aliphatic carbocycles. The van der Waals surface area contributed by atoms with E-state index in [-0.39, 0.29) is 29.8 Å². The van der Waals surface area contributed by atoms with Crippen molar-refractivity contribution in [3.63, 3.8) is 0 Å². The van der Waals surface area contributed by atoms with E-state index in [1.165, 1.54) is 12.1 Å². The Morgan fingerprint density at radius 1 is 1.16 bits per heavy atom. The Hall–Kier alpha value is -1.77. The Kier molecular flexibility index (Phi) is 6.69. The molecule has 2 N–H and O–H groups in total. The normalized spacial score (nSPS) is 12.6. The number of benzene rings is 2. The average molecular weight is 429 g/mol. The molecule has 0 bridgehead atoms. The van der Waals surface area contributed by atoms with E-state index in [0.717, 1.165) is 22.2 Å². The topological polar surface area (TPSA) is 75.3 Å². The van der Waals surface area contributed by atoms with Crippen LogP contribution in [-0.2, 0) is 14.8 Å². The molecule has 0 heterocycles. The highest BCUT2D eigenvalue weighted by molar-refractivity contribution is 9.10. The van der Waals surface area contributed by atoms with Gasteiger partial charge in [-0.15, -0.1) is 0 Å². The molecular weight excluding hydrogens is 411 g/mol. The van der Waals surface area contributed by atoms with Crippen LogP contribution < -0.4 is 10.0 Å². The summed E-state index contributed by atoms with van der Waals surface area (Å²) in [4.78, 5) is 11.9. The number of halogens is 2. The van der Waals surface area contributed by atoms with Crippen molar-refractivity contribution < 1.29 is 17.6 Å². The third kappa shape index (κ3) is 5.62. The van der Waals surface area contributed by atoms with E-state index in [1.807, 2.05) is 31.2 Å². The molecule has 0 aliphatic rings. The van der Waals surface area contributed by atoms with Crippen LogP contribution in [0.15, 0.2) is 57.9 Å². The Morgan fingerprint density at radius 3 is 2.44 bits per heavy atom. The van der Waals surface area contributed by atoms with Gasteiger partial charge in [-0.25, -0.2) is 17.5 Å². The molecule has 0 unspecified atom stereocenters. The second-order valence-electron chi connectivity index (χ2n) is 5.41. The number of carbonyl (C=O) groups is 1. The first kappa shape index (κ1) is 19.6. The molecule has 0 aliphatic heterocycles. The largest absolute Gasteiger partial charge is 0.350 e. The monoisotopic (exact) mass is 428 g/mol. The van der Waals surface area contributed by atoms with Crippen molar-refractivity contribution in [1.29, 1.82) is 0 Å². The van der Waals surface area contributed by atoms with Crippen molar-refractivity contribution in [3.05, 3.63) is 64.4 Å². The van der Waals surface area contributed by atoms with Crippen LogP contribution in [-0.4, -0.2) is 20.9 Å². The number of hydrogen-bond donors (Lipinski definition) is 2. The molecule has 1 amide bonds. The van der Waals surface area contributed by atoms with Crippen molar-refractivity contribution in [2.24, 2.45) is 0 Å². The lowest BCUT2D eigenvalue weighted by molar-refractivity contribution is -0.121. The zero-order valence-electron chi connectivity index (χ0n) is 13.5. The van der Waals surface area contributed by atoms with E-state index in [2.05, 4.69) is 26.0 Å². The third-order valence-electron chi connectivity index (χ3n) is 3.52. The molecule has 8 heteroatoms. The van der Waals surface area contributed by atoms with Crippen LogP contribution in [0.3, 0.4) is 0 Å². The second-order valence-corrected chi connectivity index (χ2v) is 8.03. The third-order valence-corrected chi connectivity index (χ3v) is 5.72. The molecule has 2 rings (SSSR count). The summed E-state index contributed by atoms with van der Waals surface area (Å²) in [6.07, 6.45) is -0.00474. The highest BCUT2D eigenvalue weighted by Crippen LogP contribution is 2.22. The first-order valence-electron chi connectivity index (χ1n) is 7.58. The van der Waals surface area contributed by atoms with Gasteiger partial charge >= 0.3 is 0 Å². The molecule has 0 spiro atoms. The van der Waals surface area contributed by atoms with Gasteiger partial charge in [0.15, 0.2) is 0 Å². The van der Waals surface area contributed by atoms with Gasteiger partial charge in [-0.05, 0) is 42.8 Å². The van der Waals surface area contributed by atoms with Gasteiger partial charge in [-0.3, -0.25) is 4.79 Å². The van der Waals surface area contributed by atoms with Gasteiger partial charge in [-0.2, -0.15) is 0 Å². The number of nitrogens with one attached hydrogen (secondary N) is 2. The molecule has 0 aromatic heterocycles. The van der Waals surface area contributed by atoms with Gasteiger partial charge in [0.25, 0.3) is 0 Å². The molecule has 2 aromatic carbocycles. The van der Waals surface area contributed by atoms with Gasteiger partial charge in [0.1, 0.15) is 5.82 Å². The molecule has 1 atom stereocenters. The maximum absolute atomic E-state index is 12.9. The lowest BCUT2D eigenvalue weighted by atomic mass is 10.1. The molecule has 134 valence electrons. The first-order chi connectivity index (χ1) is 11.8. The molecule has 25 heavy (non-hydrogen) atoms. The van der Waals surface area contributed by atoms with Gasteiger partial charge < -0.3 is 5.32 Å². The maximum atomic E-state index is 12.9. The Labute approximate surface area is 154 Å². The zero-order valence-corrected chi connectivity index (χ0v) is 15.9.